The summed E-state index contributed by atoms with van der Waals surface area (Å²) in [4.78, 5) is 14.3. The smallest absolute Gasteiger partial charge is 0.241 e. The summed E-state index contributed by atoms with van der Waals surface area (Å²) in [7, 11) is 0. The number of carbonyl (C=O) groups excluding carboxylic acids is 1. The van der Waals surface area contributed by atoms with Crippen molar-refractivity contribution in [2.24, 2.45) is 5.41 Å². The summed E-state index contributed by atoms with van der Waals surface area (Å²) in [5.41, 5.74) is 0.293. The van der Waals surface area contributed by atoms with Crippen LogP contribution in [0.4, 0.5) is 0 Å². The van der Waals surface area contributed by atoms with E-state index in [0.717, 1.165) is 32.2 Å². The fraction of sp³-hybridized carbons (Fsp3) is 0.929. The fourth-order valence-corrected chi connectivity index (χ4v) is 2.30. The standard InChI is InChI=1S/C14H28N2O/c1-6-8-11-13(17)16(12(7-2)15-11)10-9-14(3,4)5/h11-12,15H,6-10H2,1-5H3. The van der Waals surface area contributed by atoms with E-state index < -0.39 is 0 Å². The van der Waals surface area contributed by atoms with Crippen LogP contribution in [0.5, 0.6) is 0 Å². The first kappa shape index (κ1) is 14.5. The van der Waals surface area contributed by atoms with Gasteiger partial charge < -0.3 is 4.90 Å². The quantitative estimate of drug-likeness (QED) is 0.801. The van der Waals surface area contributed by atoms with Crippen LogP contribution in [0.2, 0.25) is 0 Å². The number of hydrogen-bond donors (Lipinski definition) is 1. The summed E-state index contributed by atoms with van der Waals surface area (Å²) in [5.74, 6) is 0.308. The Labute approximate surface area is 106 Å². The predicted molar refractivity (Wildman–Crippen MR) is 71.7 cm³/mol. The van der Waals surface area contributed by atoms with Crippen LogP contribution >= 0.6 is 0 Å². The van der Waals surface area contributed by atoms with Gasteiger partial charge >= 0.3 is 0 Å². The van der Waals surface area contributed by atoms with E-state index >= 15 is 0 Å². The van der Waals surface area contributed by atoms with Gasteiger partial charge in [-0.3, -0.25) is 10.1 Å². The third kappa shape index (κ3) is 3.98. The monoisotopic (exact) mass is 240 g/mol. The summed E-state index contributed by atoms with van der Waals surface area (Å²) in [6.45, 7) is 11.8. The van der Waals surface area contributed by atoms with E-state index in [1.54, 1.807) is 0 Å². The van der Waals surface area contributed by atoms with Crippen molar-refractivity contribution in [2.45, 2.75) is 72.5 Å². The lowest BCUT2D eigenvalue weighted by atomic mass is 9.92. The molecule has 0 spiro atoms. The second-order valence-corrected chi connectivity index (χ2v) is 6.27. The van der Waals surface area contributed by atoms with Crippen LogP contribution < -0.4 is 5.32 Å². The zero-order valence-electron chi connectivity index (χ0n) is 12.0. The first-order valence-corrected chi connectivity index (χ1v) is 6.95. The van der Waals surface area contributed by atoms with Crippen LogP contribution in [0, 0.1) is 5.41 Å². The Hall–Kier alpha value is -0.570. The molecule has 100 valence electrons. The number of carbonyl (C=O) groups is 1. The highest BCUT2D eigenvalue weighted by Crippen LogP contribution is 2.23. The first-order chi connectivity index (χ1) is 7.89. The van der Waals surface area contributed by atoms with E-state index in [-0.39, 0.29) is 12.2 Å². The maximum atomic E-state index is 12.2. The van der Waals surface area contributed by atoms with E-state index in [9.17, 15) is 4.79 Å². The van der Waals surface area contributed by atoms with Crippen molar-refractivity contribution in [1.82, 2.24) is 10.2 Å². The number of hydrogen-bond acceptors (Lipinski definition) is 2. The molecule has 1 saturated heterocycles. The van der Waals surface area contributed by atoms with Gasteiger partial charge in [0.1, 0.15) is 0 Å². The molecule has 3 nitrogen and oxygen atoms in total. The molecule has 0 aromatic carbocycles. The lowest BCUT2D eigenvalue weighted by Gasteiger charge is -2.27. The van der Waals surface area contributed by atoms with Crippen molar-refractivity contribution in [2.75, 3.05) is 6.54 Å². The normalized spacial score (nSPS) is 25.7. The van der Waals surface area contributed by atoms with Gasteiger partial charge in [-0.2, -0.15) is 0 Å². The number of rotatable bonds is 5. The van der Waals surface area contributed by atoms with Crippen LogP contribution in [-0.2, 0) is 4.79 Å². The Balaban J connectivity index is 2.59. The average Bonchev–Trinajstić information content (AvgIpc) is 2.52. The minimum atomic E-state index is 0.0601. The third-order valence-electron chi connectivity index (χ3n) is 3.42. The van der Waals surface area contributed by atoms with Crippen molar-refractivity contribution in [3.8, 4) is 0 Å². The molecular weight excluding hydrogens is 212 g/mol. The van der Waals surface area contributed by atoms with E-state index in [2.05, 4.69) is 39.9 Å². The van der Waals surface area contributed by atoms with Crippen molar-refractivity contribution in [3.05, 3.63) is 0 Å². The molecule has 17 heavy (non-hydrogen) atoms. The minimum absolute atomic E-state index is 0.0601. The molecule has 0 aromatic rings. The van der Waals surface area contributed by atoms with Crippen LogP contribution in [0.15, 0.2) is 0 Å². The van der Waals surface area contributed by atoms with Gasteiger partial charge in [0, 0.05) is 6.54 Å². The van der Waals surface area contributed by atoms with Gasteiger partial charge in [-0.05, 0) is 24.7 Å². The Bertz CT molecular complexity index is 257. The molecule has 0 radical (unpaired) electrons. The van der Waals surface area contributed by atoms with Crippen molar-refractivity contribution >= 4 is 5.91 Å². The molecule has 0 bridgehead atoms. The Morgan fingerprint density at radius 2 is 1.94 bits per heavy atom. The van der Waals surface area contributed by atoms with Gasteiger partial charge in [0.15, 0.2) is 0 Å². The zero-order chi connectivity index (χ0) is 13.1. The molecule has 1 rings (SSSR count). The number of nitrogens with one attached hydrogen (secondary N) is 1. The lowest BCUT2D eigenvalue weighted by Crippen LogP contribution is -2.38. The van der Waals surface area contributed by atoms with Gasteiger partial charge in [0.05, 0.1) is 12.2 Å². The third-order valence-corrected chi connectivity index (χ3v) is 3.42. The molecule has 1 amide bonds. The molecule has 0 aromatic heterocycles. The molecule has 1 heterocycles. The highest BCUT2D eigenvalue weighted by atomic mass is 16.2. The predicted octanol–water partition coefficient (Wildman–Crippen LogP) is 2.76. The number of amides is 1. The Morgan fingerprint density at radius 1 is 1.29 bits per heavy atom. The van der Waals surface area contributed by atoms with E-state index in [0.29, 0.717) is 11.3 Å². The largest absolute Gasteiger partial charge is 0.326 e. The van der Waals surface area contributed by atoms with E-state index in [1.165, 1.54) is 0 Å². The molecular formula is C14H28N2O. The summed E-state index contributed by atoms with van der Waals surface area (Å²) < 4.78 is 0. The van der Waals surface area contributed by atoms with Gasteiger partial charge in [-0.15, -0.1) is 0 Å². The topological polar surface area (TPSA) is 32.3 Å². The van der Waals surface area contributed by atoms with E-state index in [4.69, 9.17) is 0 Å². The van der Waals surface area contributed by atoms with Gasteiger partial charge in [-0.25, -0.2) is 0 Å². The summed E-state index contributed by atoms with van der Waals surface area (Å²) in [5, 5.41) is 3.45. The maximum Gasteiger partial charge on any atom is 0.241 e. The van der Waals surface area contributed by atoms with Crippen LogP contribution in [-0.4, -0.2) is 29.6 Å². The van der Waals surface area contributed by atoms with Gasteiger partial charge in [-0.1, -0.05) is 41.0 Å². The molecule has 0 aliphatic carbocycles. The van der Waals surface area contributed by atoms with Gasteiger partial charge in [0.2, 0.25) is 5.91 Å². The molecule has 2 unspecified atom stereocenters. The summed E-state index contributed by atoms with van der Waals surface area (Å²) in [6.07, 6.45) is 4.33. The molecule has 1 aliphatic heterocycles. The Morgan fingerprint density at radius 3 is 2.41 bits per heavy atom. The molecule has 3 heteroatoms. The molecule has 1 aliphatic rings. The highest BCUT2D eigenvalue weighted by Gasteiger charge is 2.37. The minimum Gasteiger partial charge on any atom is -0.326 e. The maximum absolute atomic E-state index is 12.2. The lowest BCUT2D eigenvalue weighted by molar-refractivity contribution is -0.130. The SMILES string of the molecule is CCCC1NC(CC)N(CCC(C)(C)C)C1=O. The molecule has 1 N–H and O–H groups in total. The van der Waals surface area contributed by atoms with Gasteiger partial charge in [0.25, 0.3) is 0 Å². The molecule has 2 atom stereocenters. The van der Waals surface area contributed by atoms with E-state index in [1.807, 2.05) is 4.90 Å². The van der Waals surface area contributed by atoms with Crippen LogP contribution in [0.1, 0.15) is 60.3 Å². The Kier molecular flexibility index (Phi) is 4.99. The second-order valence-electron chi connectivity index (χ2n) is 6.27. The van der Waals surface area contributed by atoms with Crippen LogP contribution in [0.25, 0.3) is 0 Å². The second kappa shape index (κ2) is 5.85. The molecule has 0 saturated carbocycles. The first-order valence-electron chi connectivity index (χ1n) is 6.95. The van der Waals surface area contributed by atoms with Crippen molar-refractivity contribution in [3.63, 3.8) is 0 Å². The fourth-order valence-electron chi connectivity index (χ4n) is 2.30. The zero-order valence-corrected chi connectivity index (χ0v) is 12.0. The number of nitrogens with zero attached hydrogens (tertiary/aromatic N) is 1. The highest BCUT2D eigenvalue weighted by molar-refractivity contribution is 5.84. The summed E-state index contributed by atoms with van der Waals surface area (Å²) in [6, 6.07) is 0.0601. The van der Waals surface area contributed by atoms with Crippen LogP contribution in [0.3, 0.4) is 0 Å². The summed E-state index contributed by atoms with van der Waals surface area (Å²) >= 11 is 0. The van der Waals surface area contributed by atoms with Crippen molar-refractivity contribution in [1.29, 1.82) is 0 Å². The van der Waals surface area contributed by atoms with Crippen molar-refractivity contribution < 1.29 is 4.79 Å². The molecule has 1 fully saturated rings. The average molecular weight is 240 g/mol.